The third kappa shape index (κ3) is 3.64. The minimum atomic E-state index is 0.0113. The lowest BCUT2D eigenvalue weighted by molar-refractivity contribution is -0.121. The first-order valence-electron chi connectivity index (χ1n) is 5.81. The van der Waals surface area contributed by atoms with Crippen molar-refractivity contribution in [1.29, 1.82) is 5.26 Å². The molecule has 18 heavy (non-hydrogen) atoms. The van der Waals surface area contributed by atoms with Crippen LogP contribution in [0.5, 0.6) is 5.75 Å². The van der Waals surface area contributed by atoms with Gasteiger partial charge in [-0.3, -0.25) is 4.79 Å². The highest BCUT2D eigenvalue weighted by Gasteiger charge is 2.22. The monoisotopic (exact) mass is 264 g/mol. The van der Waals surface area contributed by atoms with Gasteiger partial charge in [0.25, 0.3) is 0 Å². The zero-order chi connectivity index (χ0) is 13.0. The van der Waals surface area contributed by atoms with Crippen molar-refractivity contribution >= 4 is 17.5 Å². The summed E-state index contributed by atoms with van der Waals surface area (Å²) in [7, 11) is 0. The van der Waals surface area contributed by atoms with Crippen molar-refractivity contribution in [2.24, 2.45) is 0 Å². The molecule has 0 spiro atoms. The molecule has 0 unspecified atom stereocenters. The Hall–Kier alpha value is -1.73. The molecule has 1 amide bonds. The van der Waals surface area contributed by atoms with E-state index in [0.717, 1.165) is 12.8 Å². The molecule has 1 aromatic rings. The minimum absolute atomic E-state index is 0.0113. The first kappa shape index (κ1) is 12.7. The Balaban J connectivity index is 1.77. The molecule has 2 rings (SSSR count). The lowest BCUT2D eigenvalue weighted by atomic mass is 10.2. The maximum Gasteiger partial charge on any atom is 0.223 e. The van der Waals surface area contributed by atoms with Crippen LogP contribution in [0.2, 0.25) is 5.02 Å². The fourth-order valence-electron chi connectivity index (χ4n) is 1.47. The minimum Gasteiger partial charge on any atom is -0.493 e. The summed E-state index contributed by atoms with van der Waals surface area (Å²) in [6.45, 7) is 0.306. The Morgan fingerprint density at radius 3 is 2.94 bits per heavy atom. The first-order chi connectivity index (χ1) is 8.69. The van der Waals surface area contributed by atoms with Gasteiger partial charge in [0, 0.05) is 12.1 Å². The van der Waals surface area contributed by atoms with E-state index in [4.69, 9.17) is 21.6 Å². The topological polar surface area (TPSA) is 62.1 Å². The molecular weight excluding hydrogens is 252 g/mol. The quantitative estimate of drug-likeness (QED) is 0.887. The van der Waals surface area contributed by atoms with Crippen LogP contribution in [0, 0.1) is 11.3 Å². The molecule has 0 radical (unpaired) electrons. The van der Waals surface area contributed by atoms with E-state index in [0.29, 0.717) is 35.4 Å². The van der Waals surface area contributed by atoms with Crippen LogP contribution < -0.4 is 10.1 Å². The largest absolute Gasteiger partial charge is 0.493 e. The molecule has 1 aliphatic rings. The number of carbonyl (C=O) groups is 1. The summed E-state index contributed by atoms with van der Waals surface area (Å²) in [6.07, 6.45) is 2.49. The Morgan fingerprint density at radius 2 is 2.33 bits per heavy atom. The summed E-state index contributed by atoms with van der Waals surface area (Å²) in [5.74, 6) is 0.579. The number of hydrogen-bond donors (Lipinski definition) is 1. The molecule has 1 saturated carbocycles. The molecule has 0 atom stereocenters. The van der Waals surface area contributed by atoms with E-state index in [-0.39, 0.29) is 5.91 Å². The van der Waals surface area contributed by atoms with Crippen LogP contribution >= 0.6 is 11.6 Å². The molecule has 94 valence electrons. The zero-order valence-electron chi connectivity index (χ0n) is 9.78. The van der Waals surface area contributed by atoms with Crippen molar-refractivity contribution in [3.8, 4) is 11.8 Å². The van der Waals surface area contributed by atoms with Gasteiger partial charge >= 0.3 is 0 Å². The summed E-state index contributed by atoms with van der Waals surface area (Å²) >= 11 is 5.87. The number of hydrogen-bond acceptors (Lipinski definition) is 3. The third-order valence-electron chi connectivity index (χ3n) is 2.60. The standard InChI is InChI=1S/C13H13ClN2O2/c14-12-7-11(4-1-9(12)8-15)18-6-5-13(17)16-10-2-3-10/h1,4,7,10H,2-3,5-6H2,(H,16,17). The number of rotatable bonds is 5. The van der Waals surface area contributed by atoms with Crippen LogP contribution in [0.4, 0.5) is 0 Å². The lowest BCUT2D eigenvalue weighted by Crippen LogP contribution is -2.26. The molecule has 0 aliphatic heterocycles. The average Bonchev–Trinajstić information content (AvgIpc) is 3.13. The van der Waals surface area contributed by atoms with Gasteiger partial charge in [-0.25, -0.2) is 0 Å². The van der Waals surface area contributed by atoms with Crippen molar-refractivity contribution in [3.05, 3.63) is 28.8 Å². The average molecular weight is 265 g/mol. The second-order valence-corrected chi connectivity index (χ2v) is 4.60. The van der Waals surface area contributed by atoms with Crippen molar-refractivity contribution in [2.45, 2.75) is 25.3 Å². The number of ether oxygens (including phenoxy) is 1. The van der Waals surface area contributed by atoms with E-state index in [2.05, 4.69) is 5.32 Å². The van der Waals surface area contributed by atoms with Crippen LogP contribution in [0.3, 0.4) is 0 Å². The SMILES string of the molecule is N#Cc1ccc(OCCC(=O)NC2CC2)cc1Cl. The number of carbonyl (C=O) groups excluding carboxylic acids is 1. The first-order valence-corrected chi connectivity index (χ1v) is 6.18. The molecule has 0 bridgehead atoms. The van der Waals surface area contributed by atoms with Gasteiger partial charge in [0.1, 0.15) is 11.8 Å². The lowest BCUT2D eigenvalue weighted by Gasteiger charge is -2.07. The number of nitrogens with zero attached hydrogens (tertiary/aromatic N) is 1. The molecule has 1 aromatic carbocycles. The Kier molecular flexibility index (Phi) is 4.06. The number of nitriles is 1. The van der Waals surface area contributed by atoms with Gasteiger partial charge in [0.15, 0.2) is 0 Å². The molecule has 1 fully saturated rings. The molecular formula is C13H13ClN2O2. The van der Waals surface area contributed by atoms with Crippen LogP contribution in [0.25, 0.3) is 0 Å². The maximum absolute atomic E-state index is 11.4. The van der Waals surface area contributed by atoms with E-state index in [1.807, 2.05) is 6.07 Å². The summed E-state index contributed by atoms with van der Waals surface area (Å²) in [5, 5.41) is 12.0. The van der Waals surface area contributed by atoms with E-state index in [1.54, 1.807) is 18.2 Å². The number of benzene rings is 1. The summed E-state index contributed by atoms with van der Waals surface area (Å²) < 4.78 is 5.40. The normalized spacial score (nSPS) is 13.8. The molecule has 4 nitrogen and oxygen atoms in total. The van der Waals surface area contributed by atoms with Gasteiger partial charge in [-0.1, -0.05) is 11.6 Å². The number of halogens is 1. The predicted molar refractivity (Wildman–Crippen MR) is 67.4 cm³/mol. The molecule has 1 aliphatic carbocycles. The van der Waals surface area contributed by atoms with Crippen molar-refractivity contribution < 1.29 is 9.53 Å². The van der Waals surface area contributed by atoms with Crippen LogP contribution in [0.1, 0.15) is 24.8 Å². The fourth-order valence-corrected chi connectivity index (χ4v) is 1.68. The van der Waals surface area contributed by atoms with Gasteiger partial charge in [0.05, 0.1) is 23.6 Å². The Bertz CT molecular complexity index is 492. The zero-order valence-corrected chi connectivity index (χ0v) is 10.5. The Morgan fingerprint density at radius 1 is 1.56 bits per heavy atom. The van der Waals surface area contributed by atoms with Gasteiger partial charge in [0.2, 0.25) is 5.91 Å². The highest BCUT2D eigenvalue weighted by Crippen LogP contribution is 2.22. The molecule has 1 N–H and O–H groups in total. The van der Waals surface area contributed by atoms with Crippen molar-refractivity contribution in [2.75, 3.05) is 6.61 Å². The van der Waals surface area contributed by atoms with Gasteiger partial charge in [-0.05, 0) is 25.0 Å². The maximum atomic E-state index is 11.4. The molecule has 0 aromatic heterocycles. The van der Waals surface area contributed by atoms with Crippen LogP contribution in [0.15, 0.2) is 18.2 Å². The van der Waals surface area contributed by atoms with Crippen molar-refractivity contribution in [3.63, 3.8) is 0 Å². The Labute approximate surface area is 111 Å². The van der Waals surface area contributed by atoms with Crippen molar-refractivity contribution in [1.82, 2.24) is 5.32 Å². The number of amides is 1. The van der Waals surface area contributed by atoms with Crippen LogP contribution in [-0.4, -0.2) is 18.6 Å². The predicted octanol–water partition coefficient (Wildman–Crippen LogP) is 2.26. The fraction of sp³-hybridized carbons (Fsp3) is 0.385. The molecule has 5 heteroatoms. The smallest absolute Gasteiger partial charge is 0.223 e. The molecule has 0 heterocycles. The van der Waals surface area contributed by atoms with E-state index in [9.17, 15) is 4.79 Å². The van der Waals surface area contributed by atoms with E-state index in [1.165, 1.54) is 0 Å². The van der Waals surface area contributed by atoms with Gasteiger partial charge in [-0.15, -0.1) is 0 Å². The summed E-state index contributed by atoms with van der Waals surface area (Å²) in [4.78, 5) is 11.4. The highest BCUT2D eigenvalue weighted by atomic mass is 35.5. The summed E-state index contributed by atoms with van der Waals surface area (Å²) in [6, 6.07) is 7.20. The van der Waals surface area contributed by atoms with Gasteiger partial charge in [-0.2, -0.15) is 5.26 Å². The van der Waals surface area contributed by atoms with E-state index < -0.39 is 0 Å². The second kappa shape index (κ2) is 5.74. The number of nitrogens with one attached hydrogen (secondary N) is 1. The third-order valence-corrected chi connectivity index (χ3v) is 2.91. The molecule has 0 saturated heterocycles. The highest BCUT2D eigenvalue weighted by molar-refractivity contribution is 6.31. The second-order valence-electron chi connectivity index (χ2n) is 4.19. The van der Waals surface area contributed by atoms with E-state index >= 15 is 0 Å². The summed E-state index contributed by atoms with van der Waals surface area (Å²) in [5.41, 5.74) is 0.412. The van der Waals surface area contributed by atoms with Gasteiger partial charge < -0.3 is 10.1 Å². The van der Waals surface area contributed by atoms with Crippen LogP contribution in [-0.2, 0) is 4.79 Å².